The van der Waals surface area contributed by atoms with Gasteiger partial charge >= 0.3 is 0 Å². The highest BCUT2D eigenvalue weighted by Gasteiger charge is 2.17. The predicted octanol–water partition coefficient (Wildman–Crippen LogP) is -0.452. The first-order chi connectivity index (χ1) is 6.90. The molecule has 2 heterocycles. The van der Waals surface area contributed by atoms with Gasteiger partial charge in [0, 0.05) is 38.6 Å². The van der Waals surface area contributed by atoms with Gasteiger partial charge in [0.15, 0.2) is 0 Å². The van der Waals surface area contributed by atoms with Crippen LogP contribution >= 0.6 is 0 Å². The maximum Gasteiger partial charge on any atom is 0.225 e. The Kier molecular flexibility index (Phi) is 2.90. The minimum absolute atomic E-state index is 0.142. The topological polar surface area (TPSA) is 52.5 Å². The van der Waals surface area contributed by atoms with Gasteiger partial charge in [-0.25, -0.2) is 9.97 Å². The summed E-state index contributed by atoms with van der Waals surface area (Å²) in [4.78, 5) is 12.5. The average Bonchev–Trinajstić information content (AvgIpc) is 2.30. The quantitative estimate of drug-likeness (QED) is 0.691. The molecule has 1 aromatic heterocycles. The SMILES string of the molecule is OCN1CCN(c2ncccn2)CC1. The first kappa shape index (κ1) is 9.36. The molecule has 0 spiro atoms. The summed E-state index contributed by atoms with van der Waals surface area (Å²) in [5, 5.41) is 8.92. The molecule has 0 aliphatic carbocycles. The molecule has 1 aliphatic heterocycles. The van der Waals surface area contributed by atoms with Crippen molar-refractivity contribution in [2.75, 3.05) is 37.8 Å². The Labute approximate surface area is 83.0 Å². The van der Waals surface area contributed by atoms with E-state index in [1.54, 1.807) is 12.4 Å². The monoisotopic (exact) mass is 194 g/mol. The second-order valence-electron chi connectivity index (χ2n) is 3.30. The highest BCUT2D eigenvalue weighted by molar-refractivity contribution is 5.28. The summed E-state index contributed by atoms with van der Waals surface area (Å²) >= 11 is 0. The van der Waals surface area contributed by atoms with E-state index in [2.05, 4.69) is 14.9 Å². The van der Waals surface area contributed by atoms with Crippen molar-refractivity contribution in [1.29, 1.82) is 0 Å². The van der Waals surface area contributed by atoms with Crippen LogP contribution in [0.3, 0.4) is 0 Å². The Morgan fingerprint density at radius 2 is 1.79 bits per heavy atom. The first-order valence-corrected chi connectivity index (χ1v) is 4.75. The number of anilines is 1. The van der Waals surface area contributed by atoms with E-state index in [0.717, 1.165) is 32.1 Å². The number of aromatic nitrogens is 2. The van der Waals surface area contributed by atoms with Gasteiger partial charge in [0.1, 0.15) is 0 Å². The van der Waals surface area contributed by atoms with Crippen molar-refractivity contribution < 1.29 is 5.11 Å². The number of hydrogen-bond donors (Lipinski definition) is 1. The summed E-state index contributed by atoms with van der Waals surface area (Å²) < 4.78 is 0. The van der Waals surface area contributed by atoms with Crippen molar-refractivity contribution in [2.45, 2.75) is 0 Å². The summed E-state index contributed by atoms with van der Waals surface area (Å²) in [6, 6.07) is 1.81. The van der Waals surface area contributed by atoms with Gasteiger partial charge in [-0.1, -0.05) is 0 Å². The molecular formula is C9H14N4O. The van der Waals surface area contributed by atoms with Crippen LogP contribution in [0, 0.1) is 0 Å². The third-order valence-corrected chi connectivity index (χ3v) is 2.41. The minimum atomic E-state index is 0.142. The summed E-state index contributed by atoms with van der Waals surface area (Å²) in [6.45, 7) is 3.64. The van der Waals surface area contributed by atoms with E-state index in [9.17, 15) is 0 Å². The Hall–Kier alpha value is -1.20. The summed E-state index contributed by atoms with van der Waals surface area (Å²) in [6.07, 6.45) is 3.50. The Balaban J connectivity index is 1.96. The summed E-state index contributed by atoms with van der Waals surface area (Å²) in [5.74, 6) is 0.782. The first-order valence-electron chi connectivity index (χ1n) is 4.75. The minimum Gasteiger partial charge on any atom is -0.381 e. The van der Waals surface area contributed by atoms with Crippen molar-refractivity contribution in [3.8, 4) is 0 Å². The molecule has 0 saturated carbocycles. The largest absolute Gasteiger partial charge is 0.381 e. The Bertz CT molecular complexity index is 271. The van der Waals surface area contributed by atoms with E-state index in [-0.39, 0.29) is 6.73 Å². The molecule has 1 aromatic rings. The Morgan fingerprint density at radius 1 is 1.14 bits per heavy atom. The van der Waals surface area contributed by atoms with E-state index in [4.69, 9.17) is 5.11 Å². The van der Waals surface area contributed by atoms with Crippen LogP contribution in [0.5, 0.6) is 0 Å². The highest BCUT2D eigenvalue weighted by atomic mass is 16.3. The zero-order chi connectivity index (χ0) is 9.80. The van der Waals surface area contributed by atoms with Crippen LogP contribution < -0.4 is 4.90 Å². The van der Waals surface area contributed by atoms with Crippen molar-refractivity contribution in [1.82, 2.24) is 14.9 Å². The van der Waals surface area contributed by atoms with Gasteiger partial charge < -0.3 is 10.0 Å². The van der Waals surface area contributed by atoms with Crippen molar-refractivity contribution in [3.05, 3.63) is 18.5 Å². The van der Waals surface area contributed by atoms with Crippen molar-refractivity contribution in [2.24, 2.45) is 0 Å². The molecule has 76 valence electrons. The van der Waals surface area contributed by atoms with Gasteiger partial charge in [-0.3, -0.25) is 4.90 Å². The number of rotatable bonds is 2. The molecule has 2 rings (SSSR count). The molecule has 0 unspecified atom stereocenters. The number of piperazine rings is 1. The fraction of sp³-hybridized carbons (Fsp3) is 0.556. The molecule has 1 fully saturated rings. The molecule has 1 N–H and O–H groups in total. The van der Waals surface area contributed by atoms with Crippen LogP contribution in [0.15, 0.2) is 18.5 Å². The lowest BCUT2D eigenvalue weighted by molar-refractivity contribution is 0.101. The van der Waals surface area contributed by atoms with E-state index in [1.807, 2.05) is 11.0 Å². The van der Waals surface area contributed by atoms with Crippen LogP contribution in [0.1, 0.15) is 0 Å². The molecule has 5 heteroatoms. The highest BCUT2D eigenvalue weighted by Crippen LogP contribution is 2.08. The molecule has 14 heavy (non-hydrogen) atoms. The average molecular weight is 194 g/mol. The van der Waals surface area contributed by atoms with Crippen LogP contribution in [0.25, 0.3) is 0 Å². The summed E-state index contributed by atoms with van der Waals surface area (Å²) in [7, 11) is 0. The lowest BCUT2D eigenvalue weighted by atomic mass is 10.3. The summed E-state index contributed by atoms with van der Waals surface area (Å²) in [5.41, 5.74) is 0. The van der Waals surface area contributed by atoms with Gasteiger partial charge in [-0.05, 0) is 6.07 Å². The fourth-order valence-electron chi connectivity index (χ4n) is 1.54. The number of hydrogen-bond acceptors (Lipinski definition) is 5. The molecule has 1 saturated heterocycles. The van der Waals surface area contributed by atoms with E-state index in [1.165, 1.54) is 0 Å². The molecule has 0 amide bonds. The maximum atomic E-state index is 8.92. The predicted molar refractivity (Wildman–Crippen MR) is 52.9 cm³/mol. The van der Waals surface area contributed by atoms with Gasteiger partial charge in [0.2, 0.25) is 5.95 Å². The van der Waals surface area contributed by atoms with Crippen LogP contribution in [0.4, 0.5) is 5.95 Å². The molecule has 0 radical (unpaired) electrons. The lowest BCUT2D eigenvalue weighted by Gasteiger charge is -2.33. The van der Waals surface area contributed by atoms with Crippen molar-refractivity contribution in [3.63, 3.8) is 0 Å². The molecule has 1 aliphatic rings. The normalized spacial score (nSPS) is 18.5. The van der Waals surface area contributed by atoms with E-state index in [0.29, 0.717) is 0 Å². The van der Waals surface area contributed by atoms with E-state index >= 15 is 0 Å². The van der Waals surface area contributed by atoms with E-state index < -0.39 is 0 Å². The van der Waals surface area contributed by atoms with Crippen molar-refractivity contribution >= 4 is 5.95 Å². The van der Waals surface area contributed by atoms with Crippen LogP contribution in [0.2, 0.25) is 0 Å². The number of aliphatic hydroxyl groups is 1. The van der Waals surface area contributed by atoms with Gasteiger partial charge in [0.25, 0.3) is 0 Å². The Morgan fingerprint density at radius 3 is 2.36 bits per heavy atom. The maximum absolute atomic E-state index is 8.92. The molecule has 0 atom stereocenters. The second kappa shape index (κ2) is 4.34. The zero-order valence-corrected chi connectivity index (χ0v) is 8.00. The van der Waals surface area contributed by atoms with Gasteiger partial charge in [0.05, 0.1) is 6.73 Å². The molecule has 5 nitrogen and oxygen atoms in total. The third-order valence-electron chi connectivity index (χ3n) is 2.41. The number of aliphatic hydroxyl groups excluding tert-OH is 1. The van der Waals surface area contributed by atoms with Crippen LogP contribution in [-0.4, -0.2) is 52.9 Å². The fourth-order valence-corrected chi connectivity index (χ4v) is 1.54. The van der Waals surface area contributed by atoms with Crippen LogP contribution in [-0.2, 0) is 0 Å². The lowest BCUT2D eigenvalue weighted by Crippen LogP contribution is -2.47. The smallest absolute Gasteiger partial charge is 0.225 e. The number of nitrogens with zero attached hydrogens (tertiary/aromatic N) is 4. The third kappa shape index (κ3) is 2.00. The second-order valence-corrected chi connectivity index (χ2v) is 3.30. The zero-order valence-electron chi connectivity index (χ0n) is 8.00. The van der Waals surface area contributed by atoms with Gasteiger partial charge in [-0.2, -0.15) is 0 Å². The van der Waals surface area contributed by atoms with Gasteiger partial charge in [-0.15, -0.1) is 0 Å². The molecular weight excluding hydrogens is 180 g/mol. The standard InChI is InChI=1S/C9H14N4O/c14-8-12-4-6-13(7-5-12)9-10-2-1-3-11-9/h1-3,14H,4-8H2. The molecule has 0 aromatic carbocycles. The molecule has 0 bridgehead atoms.